The van der Waals surface area contributed by atoms with Gasteiger partial charge in [-0.05, 0) is 65.4 Å². The van der Waals surface area contributed by atoms with E-state index in [0.717, 1.165) is 17.9 Å². The van der Waals surface area contributed by atoms with Crippen LogP contribution in [0.15, 0.2) is 60.8 Å². The molecule has 0 saturated heterocycles. The number of hydrogen-bond donors (Lipinski definition) is 0. The van der Waals surface area contributed by atoms with E-state index in [-0.39, 0.29) is 7.92 Å². The minimum atomic E-state index is -0.0512. The first-order valence-electron chi connectivity index (χ1n) is 11.8. The molecular weight excluding hydrogens is 369 g/mol. The topological polar surface area (TPSA) is 4.93 Å². The van der Waals surface area contributed by atoms with Gasteiger partial charge >= 0.3 is 0 Å². The van der Waals surface area contributed by atoms with Crippen molar-refractivity contribution in [3.63, 3.8) is 0 Å². The van der Waals surface area contributed by atoms with Gasteiger partial charge in [-0.2, -0.15) is 0 Å². The smallest absolute Gasteiger partial charge is 0.0483 e. The molecule has 2 aromatic carbocycles. The Labute approximate surface area is 177 Å². The highest BCUT2D eigenvalue weighted by atomic mass is 31.1. The molecule has 152 valence electrons. The van der Waals surface area contributed by atoms with E-state index in [0.29, 0.717) is 0 Å². The zero-order chi connectivity index (χ0) is 19.5. The molecule has 0 spiro atoms. The Kier molecular flexibility index (Phi) is 6.05. The van der Waals surface area contributed by atoms with Gasteiger partial charge in [0.1, 0.15) is 0 Å². The predicted octanol–water partition coefficient (Wildman–Crippen LogP) is 7.46. The molecule has 0 unspecified atom stereocenters. The van der Waals surface area contributed by atoms with Gasteiger partial charge in [-0.15, -0.1) is 0 Å². The zero-order valence-electron chi connectivity index (χ0n) is 17.6. The van der Waals surface area contributed by atoms with Crippen molar-refractivity contribution < 1.29 is 0 Å². The number of benzene rings is 2. The number of fused-ring (bicyclic) bond motifs is 1. The molecule has 2 aliphatic rings. The fraction of sp³-hybridized carbons (Fsp3) is 0.481. The van der Waals surface area contributed by atoms with Gasteiger partial charge in [0, 0.05) is 18.3 Å². The van der Waals surface area contributed by atoms with Gasteiger partial charge < -0.3 is 4.57 Å². The fourth-order valence-corrected chi connectivity index (χ4v) is 9.73. The van der Waals surface area contributed by atoms with E-state index in [9.17, 15) is 0 Å². The Hall–Kier alpha value is -1.59. The Morgan fingerprint density at radius 2 is 1.31 bits per heavy atom. The molecule has 0 aliphatic heterocycles. The van der Waals surface area contributed by atoms with E-state index >= 15 is 0 Å². The molecule has 1 heterocycles. The lowest BCUT2D eigenvalue weighted by Crippen LogP contribution is -2.28. The maximum atomic E-state index is 2.51. The molecule has 0 N–H and O–H groups in total. The summed E-state index contributed by atoms with van der Waals surface area (Å²) >= 11 is 0. The number of aromatic nitrogens is 1. The molecule has 1 aromatic heterocycles. The monoisotopic (exact) mass is 403 g/mol. The lowest BCUT2D eigenvalue weighted by Gasteiger charge is -2.39. The summed E-state index contributed by atoms with van der Waals surface area (Å²) in [6.07, 6.45) is 16.9. The molecule has 29 heavy (non-hydrogen) atoms. The quantitative estimate of drug-likeness (QED) is 0.390. The summed E-state index contributed by atoms with van der Waals surface area (Å²) in [4.78, 5) is 0. The van der Waals surface area contributed by atoms with Gasteiger partial charge in [-0.1, -0.05) is 88.9 Å². The summed E-state index contributed by atoms with van der Waals surface area (Å²) in [7, 11) is -0.0512. The largest absolute Gasteiger partial charge is 0.343 e. The van der Waals surface area contributed by atoms with Crippen LogP contribution >= 0.6 is 7.92 Å². The van der Waals surface area contributed by atoms with Crippen LogP contribution in [0.3, 0.4) is 0 Å². The second-order valence-corrected chi connectivity index (χ2v) is 11.9. The van der Waals surface area contributed by atoms with E-state index in [4.69, 9.17) is 0 Å². The van der Waals surface area contributed by atoms with Crippen LogP contribution in [0.25, 0.3) is 10.9 Å². The van der Waals surface area contributed by atoms with Gasteiger partial charge in [0.25, 0.3) is 0 Å². The molecule has 2 heteroatoms. The van der Waals surface area contributed by atoms with Crippen LogP contribution in [0.4, 0.5) is 0 Å². The van der Waals surface area contributed by atoms with Crippen molar-refractivity contribution in [1.82, 2.24) is 4.57 Å². The highest BCUT2D eigenvalue weighted by molar-refractivity contribution is 7.67. The maximum absolute atomic E-state index is 2.51. The van der Waals surface area contributed by atoms with E-state index in [1.54, 1.807) is 10.9 Å². The lowest BCUT2D eigenvalue weighted by molar-refractivity contribution is 0.487. The standard InChI is InChI=1S/C27H34NP/c1-3-13-24(14-4-1)29(25-15-5-2-6-16-25)27-18-10-8-12-23(27)21-28-20-19-22-11-7-9-17-26(22)28/h7-12,17-20,24-25H,1-6,13-16,21H2. The fourth-order valence-electron chi connectivity index (χ4n) is 5.77. The minimum Gasteiger partial charge on any atom is -0.343 e. The van der Waals surface area contributed by atoms with Crippen LogP contribution in [-0.4, -0.2) is 15.9 Å². The third kappa shape index (κ3) is 4.17. The first-order chi connectivity index (χ1) is 14.4. The van der Waals surface area contributed by atoms with Gasteiger partial charge in [0.05, 0.1) is 0 Å². The van der Waals surface area contributed by atoms with Crippen LogP contribution in [0.1, 0.15) is 69.8 Å². The van der Waals surface area contributed by atoms with Crippen LogP contribution in [0.2, 0.25) is 0 Å². The van der Waals surface area contributed by atoms with E-state index in [1.807, 2.05) is 0 Å². The molecule has 0 atom stereocenters. The van der Waals surface area contributed by atoms with E-state index in [2.05, 4.69) is 65.4 Å². The number of para-hydroxylation sites is 1. The summed E-state index contributed by atoms with van der Waals surface area (Å²) in [5.74, 6) is 0. The normalized spacial score (nSPS) is 19.2. The molecular formula is C27H34NP. The van der Waals surface area contributed by atoms with Gasteiger partial charge in [0.2, 0.25) is 0 Å². The highest BCUT2D eigenvalue weighted by Crippen LogP contribution is 2.55. The van der Waals surface area contributed by atoms with Gasteiger partial charge in [0.15, 0.2) is 0 Å². The Balaban J connectivity index is 1.50. The average molecular weight is 404 g/mol. The molecule has 2 aliphatic carbocycles. The molecule has 0 radical (unpaired) electrons. The minimum absolute atomic E-state index is 0.0512. The second kappa shape index (κ2) is 9.05. The van der Waals surface area contributed by atoms with Crippen molar-refractivity contribution in [3.05, 3.63) is 66.4 Å². The average Bonchev–Trinajstić information content (AvgIpc) is 3.20. The molecule has 0 bridgehead atoms. The third-order valence-corrected chi connectivity index (χ3v) is 10.8. The second-order valence-electron chi connectivity index (χ2n) is 9.12. The molecule has 5 rings (SSSR count). The maximum Gasteiger partial charge on any atom is 0.0483 e. The number of rotatable bonds is 5. The summed E-state index contributed by atoms with van der Waals surface area (Å²) in [5.41, 5.74) is 4.87. The van der Waals surface area contributed by atoms with E-state index < -0.39 is 0 Å². The van der Waals surface area contributed by atoms with Crippen LogP contribution < -0.4 is 5.30 Å². The van der Waals surface area contributed by atoms with Crippen molar-refractivity contribution >= 4 is 24.1 Å². The Bertz CT molecular complexity index is 912. The van der Waals surface area contributed by atoms with Crippen molar-refractivity contribution in [2.75, 3.05) is 0 Å². The Morgan fingerprint density at radius 3 is 2.03 bits per heavy atom. The zero-order valence-corrected chi connectivity index (χ0v) is 18.5. The highest BCUT2D eigenvalue weighted by Gasteiger charge is 2.33. The third-order valence-electron chi connectivity index (χ3n) is 7.23. The molecule has 3 aromatic rings. The lowest BCUT2D eigenvalue weighted by atomic mass is 9.99. The van der Waals surface area contributed by atoms with Crippen LogP contribution in [0, 0.1) is 0 Å². The molecule has 1 nitrogen and oxygen atoms in total. The summed E-state index contributed by atoms with van der Waals surface area (Å²) in [5, 5.41) is 3.09. The van der Waals surface area contributed by atoms with Crippen molar-refractivity contribution in [2.45, 2.75) is 82.1 Å². The number of hydrogen-bond acceptors (Lipinski definition) is 0. The molecule has 2 fully saturated rings. The van der Waals surface area contributed by atoms with E-state index in [1.165, 1.54) is 75.1 Å². The van der Waals surface area contributed by atoms with Gasteiger partial charge in [-0.3, -0.25) is 0 Å². The van der Waals surface area contributed by atoms with Crippen LogP contribution in [-0.2, 0) is 6.54 Å². The van der Waals surface area contributed by atoms with Crippen molar-refractivity contribution in [1.29, 1.82) is 0 Å². The van der Waals surface area contributed by atoms with Crippen molar-refractivity contribution in [3.8, 4) is 0 Å². The predicted molar refractivity (Wildman–Crippen MR) is 128 cm³/mol. The molecule has 2 saturated carbocycles. The van der Waals surface area contributed by atoms with Crippen molar-refractivity contribution in [2.24, 2.45) is 0 Å². The first-order valence-corrected chi connectivity index (χ1v) is 13.3. The Morgan fingerprint density at radius 1 is 0.690 bits per heavy atom. The first kappa shape index (κ1) is 19.4. The van der Waals surface area contributed by atoms with Gasteiger partial charge in [-0.25, -0.2) is 0 Å². The summed E-state index contributed by atoms with van der Waals surface area (Å²) in [6, 6.07) is 20.6. The number of nitrogens with zero attached hydrogens (tertiary/aromatic N) is 1. The SMILES string of the molecule is c1ccc(P(C2CCCCC2)C2CCCCC2)c(Cn2ccc3ccccc32)c1. The van der Waals surface area contributed by atoms with Crippen LogP contribution in [0.5, 0.6) is 0 Å². The molecule has 0 amide bonds. The summed E-state index contributed by atoms with van der Waals surface area (Å²) < 4.78 is 2.46. The summed E-state index contributed by atoms with van der Waals surface area (Å²) in [6.45, 7) is 1.02.